The number of benzene rings is 2. The molecule has 4 rings (SSSR count). The van der Waals surface area contributed by atoms with E-state index in [1.54, 1.807) is 18.2 Å². The van der Waals surface area contributed by atoms with E-state index in [4.69, 9.17) is 23.7 Å². The standard InChI is InChI=1S/C29H38O11/c1-3-4-9-37-10-5-6-16-11-18-19(15-38-29-26(35)25(34)24(33)23(14-30)39-29)27(40-28(18)21(32)12-16)17-7-8-20(31)22(13-17)36-2/h5-8,11-13,19,23-27,29-35H,3-4,9-10,14-15H2,1-2H3. The first-order valence-corrected chi connectivity index (χ1v) is 13.4. The number of unbranched alkanes of at least 4 members (excludes halogenated alkanes) is 1. The van der Waals surface area contributed by atoms with E-state index >= 15 is 0 Å². The van der Waals surface area contributed by atoms with Gasteiger partial charge < -0.3 is 54.3 Å². The number of ether oxygens (including phenoxy) is 5. The molecule has 0 aliphatic carbocycles. The third kappa shape index (κ3) is 6.52. The predicted molar refractivity (Wildman–Crippen MR) is 143 cm³/mol. The summed E-state index contributed by atoms with van der Waals surface area (Å²) < 4.78 is 28.4. The van der Waals surface area contributed by atoms with Crippen LogP contribution < -0.4 is 9.47 Å². The van der Waals surface area contributed by atoms with Gasteiger partial charge in [0.15, 0.2) is 29.3 Å². The second-order valence-corrected chi connectivity index (χ2v) is 9.90. The van der Waals surface area contributed by atoms with Crippen LogP contribution in [-0.4, -0.2) is 94.9 Å². The van der Waals surface area contributed by atoms with Crippen molar-refractivity contribution in [2.24, 2.45) is 0 Å². The normalized spacial score (nSPS) is 28.0. The molecule has 1 saturated heterocycles. The number of fused-ring (bicyclic) bond motifs is 1. The van der Waals surface area contributed by atoms with E-state index in [2.05, 4.69) is 6.92 Å². The monoisotopic (exact) mass is 562 g/mol. The molecule has 7 atom stereocenters. The molecular weight excluding hydrogens is 524 g/mol. The van der Waals surface area contributed by atoms with Gasteiger partial charge >= 0.3 is 0 Å². The lowest BCUT2D eigenvalue weighted by molar-refractivity contribution is -0.302. The fraction of sp³-hybridized carbons (Fsp3) is 0.517. The molecule has 11 nitrogen and oxygen atoms in total. The molecule has 0 saturated carbocycles. The highest BCUT2D eigenvalue weighted by molar-refractivity contribution is 5.62. The highest BCUT2D eigenvalue weighted by Gasteiger charge is 2.45. The second-order valence-electron chi connectivity index (χ2n) is 9.90. The molecule has 2 aliphatic heterocycles. The predicted octanol–water partition coefficient (Wildman–Crippen LogP) is 1.97. The zero-order valence-corrected chi connectivity index (χ0v) is 22.6. The molecule has 6 N–H and O–H groups in total. The number of aliphatic hydroxyl groups is 4. The van der Waals surface area contributed by atoms with Crippen LogP contribution in [0.1, 0.15) is 48.5 Å². The minimum Gasteiger partial charge on any atom is -0.504 e. The number of methoxy groups -OCH3 is 1. The van der Waals surface area contributed by atoms with Gasteiger partial charge in [-0.3, -0.25) is 0 Å². The Morgan fingerprint density at radius 1 is 1.00 bits per heavy atom. The van der Waals surface area contributed by atoms with Crippen molar-refractivity contribution in [1.29, 1.82) is 0 Å². The maximum atomic E-state index is 10.9. The van der Waals surface area contributed by atoms with Crippen molar-refractivity contribution in [3.8, 4) is 23.0 Å². The van der Waals surface area contributed by atoms with Crippen LogP contribution in [0.5, 0.6) is 23.0 Å². The minimum absolute atomic E-state index is 0.0488. The third-order valence-electron chi connectivity index (χ3n) is 7.12. The largest absolute Gasteiger partial charge is 0.504 e. The first-order valence-electron chi connectivity index (χ1n) is 13.4. The summed E-state index contributed by atoms with van der Waals surface area (Å²) in [5.41, 5.74) is 1.97. The second kappa shape index (κ2) is 13.6. The summed E-state index contributed by atoms with van der Waals surface area (Å²) in [6.45, 7) is 2.51. The fourth-order valence-electron chi connectivity index (χ4n) is 4.86. The van der Waals surface area contributed by atoms with Gasteiger partial charge in [-0.05, 0) is 41.8 Å². The molecule has 0 radical (unpaired) electrons. The average Bonchev–Trinajstić information content (AvgIpc) is 3.32. The van der Waals surface area contributed by atoms with Gasteiger partial charge in [-0.15, -0.1) is 0 Å². The molecule has 2 aromatic rings. The molecule has 1 fully saturated rings. The molecule has 2 heterocycles. The Hall–Kier alpha value is -2.90. The van der Waals surface area contributed by atoms with Crippen LogP contribution in [-0.2, 0) is 14.2 Å². The van der Waals surface area contributed by atoms with Crippen molar-refractivity contribution in [2.45, 2.75) is 62.5 Å². The zero-order chi connectivity index (χ0) is 28.8. The summed E-state index contributed by atoms with van der Waals surface area (Å²) >= 11 is 0. The third-order valence-corrected chi connectivity index (χ3v) is 7.12. The van der Waals surface area contributed by atoms with Crippen molar-refractivity contribution in [2.75, 3.05) is 33.5 Å². The summed E-state index contributed by atoms with van der Waals surface area (Å²) in [7, 11) is 1.43. The van der Waals surface area contributed by atoms with Gasteiger partial charge in [0.2, 0.25) is 0 Å². The number of hydrogen-bond acceptors (Lipinski definition) is 11. The summed E-state index contributed by atoms with van der Waals surface area (Å²) in [6.07, 6.45) is -2.09. The molecule has 0 bridgehead atoms. The Morgan fingerprint density at radius 2 is 1.80 bits per heavy atom. The molecule has 2 aromatic carbocycles. The van der Waals surface area contributed by atoms with E-state index in [9.17, 15) is 30.6 Å². The van der Waals surface area contributed by atoms with Crippen molar-refractivity contribution in [3.05, 3.63) is 53.1 Å². The molecule has 0 amide bonds. The number of aromatic hydroxyl groups is 2. The number of phenols is 2. The fourth-order valence-corrected chi connectivity index (χ4v) is 4.86. The highest BCUT2D eigenvalue weighted by Crippen LogP contribution is 2.51. The highest BCUT2D eigenvalue weighted by atomic mass is 16.7. The van der Waals surface area contributed by atoms with Crippen LogP contribution in [0.3, 0.4) is 0 Å². The van der Waals surface area contributed by atoms with Gasteiger partial charge in [-0.25, -0.2) is 0 Å². The topological polar surface area (TPSA) is 168 Å². The molecular formula is C29H38O11. The summed E-state index contributed by atoms with van der Waals surface area (Å²) in [4.78, 5) is 0. The van der Waals surface area contributed by atoms with Gasteiger partial charge in [0, 0.05) is 12.2 Å². The van der Waals surface area contributed by atoms with Crippen LogP contribution in [0.15, 0.2) is 36.4 Å². The van der Waals surface area contributed by atoms with E-state index in [0.717, 1.165) is 12.8 Å². The Bertz CT molecular complexity index is 1150. The quantitative estimate of drug-likeness (QED) is 0.209. The SMILES string of the molecule is CCCCOCC=Cc1cc(O)c2c(c1)C(COC1OC(CO)C(O)C(O)C1O)C(c1ccc(O)c(OC)c1)O2. The van der Waals surface area contributed by atoms with Crippen molar-refractivity contribution < 1.29 is 54.3 Å². The van der Waals surface area contributed by atoms with Gasteiger partial charge in [0.05, 0.1) is 32.8 Å². The average molecular weight is 563 g/mol. The molecule has 0 spiro atoms. The van der Waals surface area contributed by atoms with Crippen LogP contribution in [0.25, 0.3) is 6.08 Å². The first kappa shape index (κ1) is 30.1. The van der Waals surface area contributed by atoms with E-state index in [-0.39, 0.29) is 29.6 Å². The van der Waals surface area contributed by atoms with Crippen LogP contribution in [0, 0.1) is 0 Å². The summed E-state index contributed by atoms with van der Waals surface area (Å²) in [6, 6.07) is 8.20. The zero-order valence-electron chi connectivity index (χ0n) is 22.6. The molecule has 0 aromatic heterocycles. The Kier molecular flexibility index (Phi) is 10.3. The van der Waals surface area contributed by atoms with Crippen LogP contribution >= 0.6 is 0 Å². The molecule has 7 unspecified atom stereocenters. The van der Waals surface area contributed by atoms with Crippen LogP contribution in [0.2, 0.25) is 0 Å². The number of rotatable bonds is 12. The van der Waals surface area contributed by atoms with Gasteiger partial charge in [0.1, 0.15) is 30.5 Å². The minimum atomic E-state index is -1.58. The van der Waals surface area contributed by atoms with E-state index in [1.807, 2.05) is 18.2 Å². The summed E-state index contributed by atoms with van der Waals surface area (Å²) in [5.74, 6) is -0.156. The van der Waals surface area contributed by atoms with Crippen molar-refractivity contribution in [3.63, 3.8) is 0 Å². The molecule has 40 heavy (non-hydrogen) atoms. The van der Waals surface area contributed by atoms with Gasteiger partial charge in [-0.1, -0.05) is 31.6 Å². The van der Waals surface area contributed by atoms with E-state index in [0.29, 0.717) is 29.9 Å². The molecule has 11 heteroatoms. The van der Waals surface area contributed by atoms with E-state index in [1.165, 1.54) is 13.2 Å². The molecule has 2 aliphatic rings. The molecule has 220 valence electrons. The van der Waals surface area contributed by atoms with Gasteiger partial charge in [0.25, 0.3) is 0 Å². The Labute approximate surface area is 232 Å². The first-order chi connectivity index (χ1) is 19.3. The van der Waals surface area contributed by atoms with Crippen LogP contribution in [0.4, 0.5) is 0 Å². The van der Waals surface area contributed by atoms with Gasteiger partial charge in [-0.2, -0.15) is 0 Å². The number of aliphatic hydroxyl groups excluding tert-OH is 4. The van der Waals surface area contributed by atoms with E-state index < -0.39 is 49.3 Å². The number of phenolic OH excluding ortho intramolecular Hbond substituents is 2. The lowest BCUT2D eigenvalue weighted by Crippen LogP contribution is -2.59. The maximum absolute atomic E-state index is 10.9. The van der Waals surface area contributed by atoms with Crippen molar-refractivity contribution >= 4 is 6.08 Å². The Morgan fingerprint density at radius 3 is 2.52 bits per heavy atom. The lowest BCUT2D eigenvalue weighted by atomic mass is 9.90. The number of hydrogen-bond donors (Lipinski definition) is 6. The lowest BCUT2D eigenvalue weighted by Gasteiger charge is -2.40. The Balaban J connectivity index is 1.61. The summed E-state index contributed by atoms with van der Waals surface area (Å²) in [5, 5.41) is 61.2. The van der Waals surface area contributed by atoms with Crippen molar-refractivity contribution in [1.82, 2.24) is 0 Å². The smallest absolute Gasteiger partial charge is 0.186 e. The maximum Gasteiger partial charge on any atom is 0.186 e.